The van der Waals surface area contributed by atoms with E-state index in [4.69, 9.17) is 5.73 Å². The van der Waals surface area contributed by atoms with Crippen molar-refractivity contribution in [3.05, 3.63) is 23.5 Å². The number of hydrogen-bond donors (Lipinski definition) is 2. The number of nitrogens with two attached hydrogens (primary N) is 1. The fourth-order valence-electron chi connectivity index (χ4n) is 2.03. The summed E-state index contributed by atoms with van der Waals surface area (Å²) in [5, 5.41) is 0. The van der Waals surface area contributed by atoms with Crippen molar-refractivity contribution in [3.63, 3.8) is 0 Å². The molecule has 1 saturated carbocycles. The summed E-state index contributed by atoms with van der Waals surface area (Å²) in [7, 11) is 0. The Bertz CT molecular complexity index is 266. The Morgan fingerprint density at radius 1 is 1.58 bits per heavy atom. The van der Waals surface area contributed by atoms with Gasteiger partial charge >= 0.3 is 0 Å². The number of rotatable bonds is 2. The van der Waals surface area contributed by atoms with Crippen LogP contribution in [-0.4, -0.2) is 11.5 Å². The lowest BCUT2D eigenvalue weighted by Crippen LogP contribution is -2.41. The minimum atomic E-state index is 0.324. The van der Waals surface area contributed by atoms with Crippen LogP contribution >= 0.6 is 0 Å². The number of aromatic amines is 1. The van der Waals surface area contributed by atoms with Gasteiger partial charge in [-0.05, 0) is 31.4 Å². The molecule has 0 radical (unpaired) electrons. The summed E-state index contributed by atoms with van der Waals surface area (Å²) in [5.74, 6) is 0. The molecule has 1 aliphatic rings. The predicted octanol–water partition coefficient (Wildman–Crippen LogP) is 1.70. The topological polar surface area (TPSA) is 41.8 Å². The zero-order valence-corrected chi connectivity index (χ0v) is 7.56. The monoisotopic (exact) mass is 164 g/mol. The molecule has 2 heteroatoms. The molecule has 1 aromatic rings. The maximum absolute atomic E-state index is 5.80. The summed E-state index contributed by atoms with van der Waals surface area (Å²) in [6.45, 7) is 2.89. The zero-order valence-electron chi connectivity index (χ0n) is 7.56. The third-order valence-electron chi connectivity index (χ3n) is 3.14. The van der Waals surface area contributed by atoms with Crippen LogP contribution in [0.4, 0.5) is 0 Å². The Labute approximate surface area is 73.2 Å². The molecule has 1 heterocycles. The minimum Gasteiger partial charge on any atom is -0.365 e. The number of H-pyrrole nitrogens is 1. The third-order valence-corrected chi connectivity index (χ3v) is 3.14. The highest BCUT2D eigenvalue weighted by Crippen LogP contribution is 2.42. The van der Waals surface area contributed by atoms with Gasteiger partial charge in [0.15, 0.2) is 0 Å². The average Bonchev–Trinajstić information content (AvgIpc) is 2.35. The van der Waals surface area contributed by atoms with Crippen LogP contribution in [0.15, 0.2) is 12.3 Å². The second kappa shape index (κ2) is 2.63. The van der Waals surface area contributed by atoms with Gasteiger partial charge in [0.1, 0.15) is 0 Å². The van der Waals surface area contributed by atoms with Crippen LogP contribution in [0.25, 0.3) is 0 Å². The number of aryl methyl sites for hydroxylation is 1. The Morgan fingerprint density at radius 2 is 2.33 bits per heavy atom. The van der Waals surface area contributed by atoms with E-state index < -0.39 is 0 Å². The number of nitrogens with one attached hydrogen (secondary N) is 1. The number of hydrogen-bond acceptors (Lipinski definition) is 1. The number of aromatic nitrogens is 1. The molecule has 0 amide bonds. The molecule has 0 aromatic carbocycles. The van der Waals surface area contributed by atoms with Crippen LogP contribution < -0.4 is 5.73 Å². The molecular formula is C10H16N2. The van der Waals surface area contributed by atoms with Crippen LogP contribution in [-0.2, 0) is 5.41 Å². The predicted molar refractivity (Wildman–Crippen MR) is 50.1 cm³/mol. The normalized spacial score (nSPS) is 20.5. The summed E-state index contributed by atoms with van der Waals surface area (Å²) >= 11 is 0. The van der Waals surface area contributed by atoms with Gasteiger partial charge < -0.3 is 10.7 Å². The van der Waals surface area contributed by atoms with E-state index in [1.54, 1.807) is 0 Å². The molecule has 1 fully saturated rings. The molecule has 1 aromatic heterocycles. The Balaban J connectivity index is 2.27. The molecule has 2 rings (SSSR count). The van der Waals surface area contributed by atoms with E-state index in [0.717, 1.165) is 6.54 Å². The van der Waals surface area contributed by atoms with Crippen molar-refractivity contribution >= 4 is 0 Å². The molecule has 0 saturated heterocycles. The first-order valence-corrected chi connectivity index (χ1v) is 4.62. The van der Waals surface area contributed by atoms with Gasteiger partial charge in [0, 0.05) is 23.9 Å². The van der Waals surface area contributed by atoms with Crippen LogP contribution in [0.5, 0.6) is 0 Å². The van der Waals surface area contributed by atoms with E-state index in [9.17, 15) is 0 Å². The molecule has 66 valence electrons. The summed E-state index contributed by atoms with van der Waals surface area (Å²) in [5.41, 5.74) is 8.77. The molecule has 12 heavy (non-hydrogen) atoms. The lowest BCUT2D eigenvalue weighted by atomic mass is 9.65. The molecule has 0 spiro atoms. The van der Waals surface area contributed by atoms with Gasteiger partial charge in [0.25, 0.3) is 0 Å². The van der Waals surface area contributed by atoms with Crippen LogP contribution in [0.3, 0.4) is 0 Å². The van der Waals surface area contributed by atoms with E-state index in [1.807, 2.05) is 0 Å². The van der Waals surface area contributed by atoms with E-state index in [0.29, 0.717) is 5.41 Å². The van der Waals surface area contributed by atoms with Crippen molar-refractivity contribution in [1.29, 1.82) is 0 Å². The molecule has 2 nitrogen and oxygen atoms in total. The third kappa shape index (κ3) is 0.985. The standard InChI is InChI=1S/C10H16N2/c1-8-5-9(6-12-8)10(7-11)3-2-4-10/h5-6,12H,2-4,7,11H2,1H3. The van der Waals surface area contributed by atoms with Gasteiger partial charge in [-0.3, -0.25) is 0 Å². The SMILES string of the molecule is Cc1cc(C2(CN)CCC2)c[nH]1. The van der Waals surface area contributed by atoms with Crippen molar-refractivity contribution in [2.75, 3.05) is 6.54 Å². The first kappa shape index (κ1) is 7.87. The van der Waals surface area contributed by atoms with Crippen LogP contribution in [0.1, 0.15) is 30.5 Å². The molecular weight excluding hydrogens is 148 g/mol. The van der Waals surface area contributed by atoms with Crippen LogP contribution in [0, 0.1) is 6.92 Å². The maximum Gasteiger partial charge on any atom is 0.0118 e. The summed E-state index contributed by atoms with van der Waals surface area (Å²) < 4.78 is 0. The molecule has 0 aliphatic heterocycles. The van der Waals surface area contributed by atoms with Gasteiger partial charge in [-0.25, -0.2) is 0 Å². The first-order chi connectivity index (χ1) is 5.77. The largest absolute Gasteiger partial charge is 0.365 e. The van der Waals surface area contributed by atoms with Crippen LogP contribution in [0.2, 0.25) is 0 Å². The lowest BCUT2D eigenvalue weighted by molar-refractivity contribution is 0.253. The summed E-state index contributed by atoms with van der Waals surface area (Å²) in [6, 6.07) is 2.23. The lowest BCUT2D eigenvalue weighted by Gasteiger charge is -2.40. The quantitative estimate of drug-likeness (QED) is 0.686. The Hall–Kier alpha value is -0.760. The second-order valence-corrected chi connectivity index (χ2v) is 3.91. The maximum atomic E-state index is 5.80. The summed E-state index contributed by atoms with van der Waals surface area (Å²) in [6.07, 6.45) is 5.98. The highest BCUT2D eigenvalue weighted by molar-refractivity contribution is 5.28. The average molecular weight is 164 g/mol. The molecule has 0 atom stereocenters. The fourth-order valence-corrected chi connectivity index (χ4v) is 2.03. The molecule has 0 unspecified atom stereocenters. The molecule has 0 bridgehead atoms. The summed E-state index contributed by atoms with van der Waals surface area (Å²) in [4.78, 5) is 3.22. The Morgan fingerprint density at radius 3 is 2.67 bits per heavy atom. The first-order valence-electron chi connectivity index (χ1n) is 4.62. The smallest absolute Gasteiger partial charge is 0.0118 e. The minimum absolute atomic E-state index is 0.324. The highest BCUT2D eigenvalue weighted by Gasteiger charge is 2.37. The second-order valence-electron chi connectivity index (χ2n) is 3.91. The molecule has 3 N–H and O–H groups in total. The van der Waals surface area contributed by atoms with Gasteiger partial charge in [0.2, 0.25) is 0 Å². The fraction of sp³-hybridized carbons (Fsp3) is 0.600. The molecule has 1 aliphatic carbocycles. The highest BCUT2D eigenvalue weighted by atomic mass is 14.7. The van der Waals surface area contributed by atoms with Gasteiger partial charge in [-0.15, -0.1) is 0 Å². The van der Waals surface area contributed by atoms with E-state index in [-0.39, 0.29) is 0 Å². The van der Waals surface area contributed by atoms with Gasteiger partial charge in [-0.2, -0.15) is 0 Å². The van der Waals surface area contributed by atoms with Crippen molar-refractivity contribution in [2.45, 2.75) is 31.6 Å². The zero-order chi connectivity index (χ0) is 8.60. The van der Waals surface area contributed by atoms with Crippen molar-refractivity contribution in [1.82, 2.24) is 4.98 Å². The van der Waals surface area contributed by atoms with E-state index in [2.05, 4.69) is 24.2 Å². The van der Waals surface area contributed by atoms with E-state index in [1.165, 1.54) is 30.5 Å². The van der Waals surface area contributed by atoms with Crippen molar-refractivity contribution in [3.8, 4) is 0 Å². The van der Waals surface area contributed by atoms with Gasteiger partial charge in [-0.1, -0.05) is 6.42 Å². The van der Waals surface area contributed by atoms with Gasteiger partial charge in [0.05, 0.1) is 0 Å². The Kier molecular flexibility index (Phi) is 1.72. The van der Waals surface area contributed by atoms with E-state index >= 15 is 0 Å². The van der Waals surface area contributed by atoms with Crippen molar-refractivity contribution < 1.29 is 0 Å². The van der Waals surface area contributed by atoms with Crippen molar-refractivity contribution in [2.24, 2.45) is 5.73 Å².